The number of hydrogen-bond donors (Lipinski definition) is 1. The maximum atomic E-state index is 10.8. The van der Waals surface area contributed by atoms with E-state index in [2.05, 4.69) is 5.92 Å². The molecule has 1 aliphatic rings. The van der Waals surface area contributed by atoms with Crippen LogP contribution in [0.2, 0.25) is 0 Å². The normalized spacial score (nSPS) is 20.4. The lowest BCUT2D eigenvalue weighted by Gasteiger charge is -2.02. The molecule has 0 atom stereocenters. The number of carbonyl (C=O) groups is 1. The minimum absolute atomic E-state index is 0.120. The summed E-state index contributed by atoms with van der Waals surface area (Å²) in [6.45, 7) is 0.413. The Labute approximate surface area is 54.4 Å². The molecule has 1 fully saturated rings. The first-order valence-electron chi connectivity index (χ1n) is 2.96. The molecular formula is C7H9NO. The van der Waals surface area contributed by atoms with Crippen molar-refractivity contribution in [1.82, 2.24) is 0 Å². The molecule has 0 unspecified atom stereocenters. The maximum Gasteiger partial charge on any atom is 0.212 e. The largest absolute Gasteiger partial charge is 0.329 e. The van der Waals surface area contributed by atoms with E-state index < -0.39 is 0 Å². The quantitative estimate of drug-likeness (QED) is 0.412. The third-order valence-corrected chi connectivity index (χ3v) is 1.86. The summed E-state index contributed by atoms with van der Waals surface area (Å²) in [6, 6.07) is 0. The van der Waals surface area contributed by atoms with Crippen LogP contribution in [0, 0.1) is 17.8 Å². The highest BCUT2D eigenvalue weighted by Gasteiger charge is 2.47. The lowest BCUT2D eigenvalue weighted by Crippen LogP contribution is -2.23. The van der Waals surface area contributed by atoms with Gasteiger partial charge in [0.2, 0.25) is 5.78 Å². The zero-order valence-corrected chi connectivity index (χ0v) is 5.18. The zero-order valence-electron chi connectivity index (χ0n) is 5.18. The standard InChI is InChI=1S/C7H9NO/c1-2-6(9)7(5-8)3-4-7/h1H,3-5,8H2. The molecule has 0 aliphatic heterocycles. The predicted octanol–water partition coefficient (Wildman–Crippen LogP) is -0.0724. The molecule has 9 heavy (non-hydrogen) atoms. The molecule has 0 heterocycles. The van der Waals surface area contributed by atoms with Gasteiger partial charge in [0.05, 0.1) is 5.41 Å². The molecule has 0 radical (unpaired) electrons. The number of nitrogens with two attached hydrogens (primary N) is 1. The van der Waals surface area contributed by atoms with E-state index in [1.165, 1.54) is 0 Å². The molecule has 0 amide bonds. The molecule has 0 aromatic carbocycles. The first-order chi connectivity index (χ1) is 4.25. The molecule has 2 heteroatoms. The number of terminal acetylenes is 1. The summed E-state index contributed by atoms with van der Waals surface area (Å²) in [5.74, 6) is 1.98. The van der Waals surface area contributed by atoms with Gasteiger partial charge in [0.1, 0.15) is 0 Å². The molecule has 0 aromatic heterocycles. The van der Waals surface area contributed by atoms with Crippen LogP contribution in [-0.4, -0.2) is 12.3 Å². The molecule has 0 bridgehead atoms. The smallest absolute Gasteiger partial charge is 0.212 e. The van der Waals surface area contributed by atoms with Gasteiger partial charge in [0.15, 0.2) is 0 Å². The topological polar surface area (TPSA) is 43.1 Å². The van der Waals surface area contributed by atoms with E-state index in [-0.39, 0.29) is 11.2 Å². The highest BCUT2D eigenvalue weighted by Crippen LogP contribution is 2.44. The Hall–Kier alpha value is -0.810. The Morgan fingerprint density at radius 3 is 2.44 bits per heavy atom. The molecule has 2 N–H and O–H groups in total. The van der Waals surface area contributed by atoms with Crippen LogP contribution in [0.4, 0.5) is 0 Å². The second kappa shape index (κ2) is 1.85. The number of ketones is 1. The number of carbonyl (C=O) groups excluding carboxylic acids is 1. The molecule has 1 saturated carbocycles. The van der Waals surface area contributed by atoms with Crippen LogP contribution < -0.4 is 5.73 Å². The predicted molar refractivity (Wildman–Crippen MR) is 34.6 cm³/mol. The molecule has 48 valence electrons. The van der Waals surface area contributed by atoms with E-state index in [9.17, 15) is 4.79 Å². The highest BCUT2D eigenvalue weighted by atomic mass is 16.1. The molecule has 0 saturated heterocycles. The van der Waals surface area contributed by atoms with Crippen LogP contribution >= 0.6 is 0 Å². The van der Waals surface area contributed by atoms with Crippen LogP contribution in [0.15, 0.2) is 0 Å². The fourth-order valence-electron chi connectivity index (χ4n) is 0.828. The minimum atomic E-state index is -0.297. The summed E-state index contributed by atoms with van der Waals surface area (Å²) >= 11 is 0. The van der Waals surface area contributed by atoms with Crippen molar-refractivity contribution in [3.8, 4) is 12.3 Å². The van der Waals surface area contributed by atoms with Gasteiger partial charge in [-0.25, -0.2) is 0 Å². The van der Waals surface area contributed by atoms with Gasteiger partial charge in [0.25, 0.3) is 0 Å². The monoisotopic (exact) mass is 123 g/mol. The van der Waals surface area contributed by atoms with Gasteiger partial charge in [-0.1, -0.05) is 0 Å². The Kier molecular flexibility index (Phi) is 1.30. The fourth-order valence-corrected chi connectivity index (χ4v) is 0.828. The van der Waals surface area contributed by atoms with Gasteiger partial charge in [-0.05, 0) is 18.8 Å². The number of Topliss-reactive ketones (excluding diaryl/α,β-unsaturated/α-hetero) is 1. The molecule has 1 rings (SSSR count). The van der Waals surface area contributed by atoms with Gasteiger partial charge in [-0.15, -0.1) is 6.42 Å². The Balaban J connectivity index is 2.63. The van der Waals surface area contributed by atoms with Crippen molar-refractivity contribution in [3.05, 3.63) is 0 Å². The summed E-state index contributed by atoms with van der Waals surface area (Å²) in [6.07, 6.45) is 6.68. The molecular weight excluding hydrogens is 114 g/mol. The third kappa shape index (κ3) is 0.839. The second-order valence-electron chi connectivity index (χ2n) is 2.46. The molecule has 1 aliphatic carbocycles. The van der Waals surface area contributed by atoms with Crippen LogP contribution in [0.3, 0.4) is 0 Å². The lowest BCUT2D eigenvalue weighted by atomic mass is 10.0. The average Bonchev–Trinajstić information content (AvgIpc) is 2.66. The fraction of sp³-hybridized carbons (Fsp3) is 0.571. The SMILES string of the molecule is C#CC(=O)C1(CN)CC1. The molecule has 0 aromatic rings. The third-order valence-electron chi connectivity index (χ3n) is 1.86. The first-order valence-corrected chi connectivity index (χ1v) is 2.96. The summed E-state index contributed by atoms with van der Waals surface area (Å²) < 4.78 is 0. The van der Waals surface area contributed by atoms with E-state index in [0.717, 1.165) is 12.8 Å². The van der Waals surface area contributed by atoms with Crippen LogP contribution in [0.5, 0.6) is 0 Å². The van der Waals surface area contributed by atoms with Gasteiger partial charge < -0.3 is 5.73 Å². The van der Waals surface area contributed by atoms with Crippen LogP contribution in [0.25, 0.3) is 0 Å². The zero-order chi connectivity index (χ0) is 6.91. The van der Waals surface area contributed by atoms with Crippen LogP contribution in [-0.2, 0) is 4.79 Å². The summed E-state index contributed by atoms with van der Waals surface area (Å²) in [5, 5.41) is 0. The van der Waals surface area contributed by atoms with E-state index in [1.807, 2.05) is 0 Å². The van der Waals surface area contributed by atoms with Crippen LogP contribution in [0.1, 0.15) is 12.8 Å². The Bertz CT molecular complexity index is 174. The first kappa shape index (κ1) is 6.31. The number of rotatable bonds is 2. The van der Waals surface area contributed by atoms with Crippen molar-refractivity contribution in [1.29, 1.82) is 0 Å². The van der Waals surface area contributed by atoms with Crippen molar-refractivity contribution in [3.63, 3.8) is 0 Å². The number of hydrogen-bond acceptors (Lipinski definition) is 2. The average molecular weight is 123 g/mol. The van der Waals surface area contributed by atoms with E-state index >= 15 is 0 Å². The molecule has 2 nitrogen and oxygen atoms in total. The van der Waals surface area contributed by atoms with Gasteiger partial charge in [0, 0.05) is 6.54 Å². The van der Waals surface area contributed by atoms with Gasteiger partial charge in [-0.3, -0.25) is 4.79 Å². The van der Waals surface area contributed by atoms with Crippen molar-refractivity contribution in [2.24, 2.45) is 11.1 Å². The second-order valence-corrected chi connectivity index (χ2v) is 2.46. The summed E-state index contributed by atoms with van der Waals surface area (Å²) in [7, 11) is 0. The van der Waals surface area contributed by atoms with E-state index in [4.69, 9.17) is 12.2 Å². The van der Waals surface area contributed by atoms with E-state index in [1.54, 1.807) is 0 Å². The van der Waals surface area contributed by atoms with Gasteiger partial charge in [-0.2, -0.15) is 0 Å². The minimum Gasteiger partial charge on any atom is -0.329 e. The lowest BCUT2D eigenvalue weighted by molar-refractivity contribution is -0.118. The summed E-state index contributed by atoms with van der Waals surface area (Å²) in [5.41, 5.74) is 5.03. The molecule has 0 spiro atoms. The summed E-state index contributed by atoms with van der Waals surface area (Å²) in [4.78, 5) is 10.8. The highest BCUT2D eigenvalue weighted by molar-refractivity contribution is 6.01. The Morgan fingerprint density at radius 2 is 2.33 bits per heavy atom. The van der Waals surface area contributed by atoms with Crippen molar-refractivity contribution >= 4 is 5.78 Å². The maximum absolute atomic E-state index is 10.8. The van der Waals surface area contributed by atoms with Gasteiger partial charge >= 0.3 is 0 Å². The van der Waals surface area contributed by atoms with Crippen molar-refractivity contribution < 1.29 is 4.79 Å². The Morgan fingerprint density at radius 1 is 1.78 bits per heavy atom. The van der Waals surface area contributed by atoms with E-state index in [0.29, 0.717) is 6.54 Å². The van der Waals surface area contributed by atoms with Crippen molar-refractivity contribution in [2.45, 2.75) is 12.8 Å². The van der Waals surface area contributed by atoms with Crippen molar-refractivity contribution in [2.75, 3.05) is 6.54 Å².